The van der Waals surface area contributed by atoms with Gasteiger partial charge in [-0.15, -0.1) is 0 Å². The molecule has 0 N–H and O–H groups in total. The lowest BCUT2D eigenvalue weighted by Gasteiger charge is -2.17. The van der Waals surface area contributed by atoms with E-state index in [-0.39, 0.29) is 12.5 Å². The minimum absolute atomic E-state index is 0.216. The van der Waals surface area contributed by atoms with Crippen molar-refractivity contribution in [2.45, 2.75) is 20.3 Å². The lowest BCUT2D eigenvalue weighted by molar-refractivity contribution is -0.138. The molecule has 1 aliphatic rings. The Bertz CT molecular complexity index is 1020. The summed E-state index contributed by atoms with van der Waals surface area (Å²) >= 11 is 0. The first kappa shape index (κ1) is 22.2. The molecule has 0 radical (unpaired) electrons. The molecule has 0 unspecified atom stereocenters. The van der Waals surface area contributed by atoms with Crippen molar-refractivity contribution in [2.75, 3.05) is 27.4 Å². The third kappa shape index (κ3) is 4.79. The third-order valence-electron chi connectivity index (χ3n) is 5.18. The van der Waals surface area contributed by atoms with E-state index in [0.717, 1.165) is 11.1 Å². The fourth-order valence-electron chi connectivity index (χ4n) is 3.59. The normalized spacial score (nSPS) is 14.9. The van der Waals surface area contributed by atoms with Crippen LogP contribution >= 0.6 is 0 Å². The van der Waals surface area contributed by atoms with Crippen molar-refractivity contribution in [3.8, 4) is 11.5 Å². The van der Waals surface area contributed by atoms with Crippen LogP contribution < -0.4 is 9.47 Å². The van der Waals surface area contributed by atoms with Gasteiger partial charge in [-0.3, -0.25) is 4.79 Å². The predicted octanol–water partition coefficient (Wildman–Crippen LogP) is 4.01. The Labute approximate surface area is 182 Å². The molecular formula is C25H27NO5. The molecule has 6 heteroatoms. The lowest BCUT2D eigenvalue weighted by atomic mass is 10.0. The first-order valence-corrected chi connectivity index (χ1v) is 10.2. The van der Waals surface area contributed by atoms with E-state index in [1.807, 2.05) is 36.4 Å². The minimum Gasteiger partial charge on any atom is -0.493 e. The van der Waals surface area contributed by atoms with Crippen LogP contribution in [0, 0.1) is 0 Å². The molecule has 6 nitrogen and oxygen atoms in total. The average Bonchev–Trinajstić information content (AvgIpc) is 3.02. The quantitative estimate of drug-likeness (QED) is 0.476. The Balaban J connectivity index is 1.96. The van der Waals surface area contributed by atoms with E-state index in [2.05, 4.69) is 0 Å². The van der Waals surface area contributed by atoms with E-state index >= 15 is 0 Å². The maximum Gasteiger partial charge on any atom is 0.340 e. The lowest BCUT2D eigenvalue weighted by Crippen LogP contribution is -2.27. The smallest absolute Gasteiger partial charge is 0.340 e. The van der Waals surface area contributed by atoms with E-state index < -0.39 is 5.97 Å². The van der Waals surface area contributed by atoms with Gasteiger partial charge < -0.3 is 19.1 Å². The van der Waals surface area contributed by atoms with Crippen molar-refractivity contribution < 1.29 is 23.8 Å². The summed E-state index contributed by atoms with van der Waals surface area (Å²) in [5, 5.41) is 0. The third-order valence-corrected chi connectivity index (χ3v) is 5.18. The number of carbonyl (C=O) groups excluding carboxylic acids is 2. The maximum atomic E-state index is 13.3. The number of hydrogen-bond acceptors (Lipinski definition) is 5. The highest BCUT2D eigenvalue weighted by atomic mass is 16.5. The van der Waals surface area contributed by atoms with Gasteiger partial charge in [0.1, 0.15) is 0 Å². The number of hydrogen-bond donors (Lipinski definition) is 0. The molecule has 0 aromatic heterocycles. The molecule has 2 aromatic rings. The summed E-state index contributed by atoms with van der Waals surface area (Å²) in [6.45, 7) is 4.23. The first-order chi connectivity index (χ1) is 15.0. The van der Waals surface area contributed by atoms with Crippen LogP contribution in [0.3, 0.4) is 0 Å². The molecule has 2 aromatic carbocycles. The topological polar surface area (TPSA) is 65.1 Å². The van der Waals surface area contributed by atoms with E-state index in [0.29, 0.717) is 41.3 Å². The van der Waals surface area contributed by atoms with Crippen LogP contribution in [-0.4, -0.2) is 44.1 Å². The fraction of sp³-hybridized carbons (Fsp3) is 0.280. The second kappa shape index (κ2) is 9.98. The molecule has 162 valence electrons. The summed E-state index contributed by atoms with van der Waals surface area (Å²) in [4.78, 5) is 27.6. The molecule has 0 saturated carbocycles. The van der Waals surface area contributed by atoms with Gasteiger partial charge in [0.2, 0.25) is 0 Å². The molecule has 1 aliphatic heterocycles. The van der Waals surface area contributed by atoms with Crippen LogP contribution in [0.2, 0.25) is 0 Å². The largest absolute Gasteiger partial charge is 0.493 e. The molecule has 1 amide bonds. The molecule has 0 saturated heterocycles. The number of benzene rings is 2. The fourth-order valence-corrected chi connectivity index (χ4v) is 3.59. The summed E-state index contributed by atoms with van der Waals surface area (Å²) < 4.78 is 15.9. The molecule has 3 rings (SSSR count). The van der Waals surface area contributed by atoms with Gasteiger partial charge in [0.05, 0.1) is 32.0 Å². The summed E-state index contributed by atoms with van der Waals surface area (Å²) in [5.41, 5.74) is 3.07. The second-order valence-corrected chi connectivity index (χ2v) is 7.05. The monoisotopic (exact) mass is 421 g/mol. The zero-order valence-electron chi connectivity index (χ0n) is 18.3. The highest BCUT2D eigenvalue weighted by Gasteiger charge is 2.36. The number of carbonyl (C=O) groups is 2. The van der Waals surface area contributed by atoms with Crippen LogP contribution in [-0.2, 0) is 20.7 Å². The van der Waals surface area contributed by atoms with Crippen LogP contribution in [0.15, 0.2) is 65.4 Å². The van der Waals surface area contributed by atoms with Crippen LogP contribution in [0.1, 0.15) is 25.0 Å². The second-order valence-electron chi connectivity index (χ2n) is 7.05. The van der Waals surface area contributed by atoms with E-state index in [9.17, 15) is 9.59 Å². The number of amides is 1. The molecule has 1 heterocycles. The first-order valence-electron chi connectivity index (χ1n) is 10.2. The minimum atomic E-state index is -0.498. The van der Waals surface area contributed by atoms with Crippen LogP contribution in [0.4, 0.5) is 0 Å². The molecule has 0 spiro atoms. The van der Waals surface area contributed by atoms with Crippen molar-refractivity contribution in [3.63, 3.8) is 0 Å². The zero-order chi connectivity index (χ0) is 22.4. The van der Waals surface area contributed by atoms with Gasteiger partial charge >= 0.3 is 5.97 Å². The molecule has 31 heavy (non-hydrogen) atoms. The number of rotatable bonds is 8. The zero-order valence-corrected chi connectivity index (χ0v) is 18.3. The molecular weight excluding hydrogens is 394 g/mol. The van der Waals surface area contributed by atoms with Crippen molar-refractivity contribution in [1.82, 2.24) is 4.90 Å². The number of esters is 1. The Kier molecular flexibility index (Phi) is 7.13. The van der Waals surface area contributed by atoms with Crippen molar-refractivity contribution in [2.24, 2.45) is 0 Å². The van der Waals surface area contributed by atoms with Crippen molar-refractivity contribution >= 4 is 18.0 Å². The summed E-state index contributed by atoms with van der Waals surface area (Å²) in [6, 6.07) is 15.3. The Morgan fingerprint density at radius 1 is 1.03 bits per heavy atom. The van der Waals surface area contributed by atoms with Gasteiger partial charge in [-0.2, -0.15) is 0 Å². The highest BCUT2D eigenvalue weighted by Crippen LogP contribution is 2.34. The Morgan fingerprint density at radius 2 is 1.74 bits per heavy atom. The number of ether oxygens (including phenoxy) is 3. The van der Waals surface area contributed by atoms with Gasteiger partial charge in [-0.1, -0.05) is 36.4 Å². The van der Waals surface area contributed by atoms with Crippen LogP contribution in [0.25, 0.3) is 6.08 Å². The van der Waals surface area contributed by atoms with Gasteiger partial charge in [0.15, 0.2) is 11.5 Å². The van der Waals surface area contributed by atoms with Crippen molar-refractivity contribution in [1.29, 1.82) is 0 Å². The molecule has 0 bridgehead atoms. The Morgan fingerprint density at radius 3 is 2.39 bits per heavy atom. The van der Waals surface area contributed by atoms with E-state index in [1.54, 1.807) is 51.2 Å². The van der Waals surface area contributed by atoms with Gasteiger partial charge in [-0.25, -0.2) is 4.79 Å². The van der Waals surface area contributed by atoms with Crippen LogP contribution in [0.5, 0.6) is 11.5 Å². The number of methoxy groups -OCH3 is 2. The Hall–Kier alpha value is -3.54. The van der Waals surface area contributed by atoms with E-state index in [1.165, 1.54) is 0 Å². The van der Waals surface area contributed by atoms with Gasteiger partial charge in [-0.05, 0) is 49.6 Å². The average molecular weight is 421 g/mol. The standard InChI is InChI=1S/C25H27NO5/c1-5-31-25(28)23-17(2)26(14-13-18-9-7-6-8-10-18)24(27)20(23)15-19-11-12-21(29-3)22(16-19)30-4/h6-12,15-16H,5,13-14H2,1-4H3/b20-15-. The SMILES string of the molecule is CCOC(=O)C1=C(C)N(CCc2ccccc2)C(=O)/C1=C\c1ccc(OC)c(OC)c1. The van der Waals surface area contributed by atoms with E-state index in [4.69, 9.17) is 14.2 Å². The highest BCUT2D eigenvalue weighted by molar-refractivity contribution is 6.16. The number of allylic oxidation sites excluding steroid dienone is 1. The molecule has 0 atom stereocenters. The summed E-state index contributed by atoms with van der Waals surface area (Å²) in [5.74, 6) is 0.416. The summed E-state index contributed by atoms with van der Waals surface area (Å²) in [7, 11) is 3.11. The summed E-state index contributed by atoms with van der Waals surface area (Å²) in [6.07, 6.45) is 2.38. The maximum absolute atomic E-state index is 13.3. The molecule has 0 aliphatic carbocycles. The molecule has 0 fully saturated rings. The van der Waals surface area contributed by atoms with Crippen molar-refractivity contribution in [3.05, 3.63) is 76.5 Å². The predicted molar refractivity (Wildman–Crippen MR) is 119 cm³/mol. The number of nitrogens with zero attached hydrogens (tertiary/aromatic N) is 1. The van der Waals surface area contributed by atoms with Gasteiger partial charge in [0.25, 0.3) is 5.91 Å². The van der Waals surface area contributed by atoms with Gasteiger partial charge in [0, 0.05) is 12.2 Å².